The monoisotopic (exact) mass is 540 g/mol. The topological polar surface area (TPSA) is 83.8 Å². The summed E-state index contributed by atoms with van der Waals surface area (Å²) < 4.78 is 7.53. The van der Waals surface area contributed by atoms with E-state index in [0.717, 1.165) is 55.6 Å². The van der Waals surface area contributed by atoms with Crippen LogP contribution in [0.5, 0.6) is 5.75 Å². The van der Waals surface area contributed by atoms with Crippen molar-refractivity contribution in [1.82, 2.24) is 20.4 Å². The largest absolute Gasteiger partial charge is 0.482 e. The van der Waals surface area contributed by atoms with Gasteiger partial charge in [0.1, 0.15) is 5.75 Å². The number of halogens is 1. The molecule has 0 saturated heterocycles. The van der Waals surface area contributed by atoms with E-state index < -0.39 is 0 Å². The zero-order chi connectivity index (χ0) is 21.3. The highest BCUT2D eigenvalue weighted by Gasteiger charge is 2.24. The summed E-state index contributed by atoms with van der Waals surface area (Å²) in [6.07, 6.45) is 1.74. The Morgan fingerprint density at radius 2 is 2.00 bits per heavy atom. The van der Waals surface area contributed by atoms with Crippen molar-refractivity contribution in [3.8, 4) is 5.75 Å². The van der Waals surface area contributed by atoms with Crippen LogP contribution in [0.1, 0.15) is 31.2 Å². The second kappa shape index (κ2) is 12.5. The molecule has 1 aromatic heterocycles. The van der Waals surface area contributed by atoms with Crippen molar-refractivity contribution in [2.24, 2.45) is 4.99 Å². The zero-order valence-corrected chi connectivity index (χ0v) is 20.9. The predicted molar refractivity (Wildman–Crippen MR) is 135 cm³/mol. The minimum atomic E-state index is -0.00753. The minimum Gasteiger partial charge on any atom is -0.482 e. The van der Waals surface area contributed by atoms with E-state index in [1.54, 1.807) is 4.90 Å². The van der Waals surface area contributed by atoms with Gasteiger partial charge in [-0.2, -0.15) is 5.10 Å². The van der Waals surface area contributed by atoms with Crippen molar-refractivity contribution >= 4 is 41.5 Å². The number of fused-ring (bicyclic) bond motifs is 1. The fourth-order valence-electron chi connectivity index (χ4n) is 3.50. The van der Waals surface area contributed by atoms with Gasteiger partial charge < -0.3 is 20.3 Å². The first kappa shape index (κ1) is 25.0. The van der Waals surface area contributed by atoms with E-state index in [9.17, 15) is 4.79 Å². The Hall–Kier alpha value is -2.30. The van der Waals surface area contributed by atoms with Crippen molar-refractivity contribution in [1.29, 1.82) is 0 Å². The maximum Gasteiger partial charge on any atom is 0.265 e. The smallest absolute Gasteiger partial charge is 0.265 e. The van der Waals surface area contributed by atoms with E-state index in [-0.39, 0.29) is 36.5 Å². The number of guanidine groups is 1. The van der Waals surface area contributed by atoms with E-state index in [4.69, 9.17) is 4.74 Å². The van der Waals surface area contributed by atoms with Gasteiger partial charge in [0.25, 0.3) is 5.91 Å². The Morgan fingerprint density at radius 3 is 2.74 bits per heavy atom. The Bertz CT molecular complexity index is 883. The predicted octanol–water partition coefficient (Wildman–Crippen LogP) is 2.88. The van der Waals surface area contributed by atoms with E-state index >= 15 is 0 Å². The van der Waals surface area contributed by atoms with E-state index in [0.29, 0.717) is 13.1 Å². The third kappa shape index (κ3) is 7.12. The number of amides is 1. The molecular weight excluding hydrogens is 507 g/mol. The molecule has 170 valence electrons. The summed E-state index contributed by atoms with van der Waals surface area (Å²) in [6, 6.07) is 9.75. The molecule has 1 aliphatic heterocycles. The highest BCUT2D eigenvalue weighted by Crippen LogP contribution is 2.31. The third-order valence-corrected chi connectivity index (χ3v) is 4.90. The van der Waals surface area contributed by atoms with Crippen LogP contribution < -0.4 is 20.3 Å². The lowest BCUT2D eigenvalue weighted by Crippen LogP contribution is -2.40. The van der Waals surface area contributed by atoms with Crippen LogP contribution in [0.2, 0.25) is 0 Å². The second-order valence-corrected chi connectivity index (χ2v) is 7.35. The SMILES string of the molecule is CCNC(=NCCCN1C(=O)COc2ccccc21)NCCCn1nc(C)cc1C.I. The Kier molecular flexibility index (Phi) is 10.1. The summed E-state index contributed by atoms with van der Waals surface area (Å²) in [7, 11) is 0. The van der Waals surface area contributed by atoms with Gasteiger partial charge in [-0.05, 0) is 51.8 Å². The normalized spacial score (nSPS) is 13.3. The molecular formula is C22H33IN6O2. The molecule has 3 rings (SSSR count). The van der Waals surface area contributed by atoms with Crippen molar-refractivity contribution < 1.29 is 9.53 Å². The van der Waals surface area contributed by atoms with Gasteiger partial charge in [0.05, 0.1) is 11.4 Å². The van der Waals surface area contributed by atoms with Gasteiger partial charge in [0.15, 0.2) is 12.6 Å². The molecule has 1 aliphatic rings. The number of aliphatic imine (C=N–C) groups is 1. The van der Waals surface area contributed by atoms with Gasteiger partial charge in [-0.25, -0.2) is 0 Å². The van der Waals surface area contributed by atoms with Crippen LogP contribution in [-0.2, 0) is 11.3 Å². The number of carbonyl (C=O) groups is 1. The molecule has 8 nitrogen and oxygen atoms in total. The number of ether oxygens (including phenoxy) is 1. The van der Waals surface area contributed by atoms with Gasteiger partial charge in [-0.15, -0.1) is 24.0 Å². The molecule has 2 aromatic rings. The number of rotatable bonds is 9. The summed E-state index contributed by atoms with van der Waals surface area (Å²) in [4.78, 5) is 18.7. The molecule has 0 spiro atoms. The average Bonchev–Trinajstić information content (AvgIpc) is 3.06. The van der Waals surface area contributed by atoms with Crippen molar-refractivity contribution in [3.63, 3.8) is 0 Å². The van der Waals surface area contributed by atoms with Crippen LogP contribution in [0.4, 0.5) is 5.69 Å². The number of hydrogen-bond donors (Lipinski definition) is 2. The molecule has 0 atom stereocenters. The van der Waals surface area contributed by atoms with Crippen LogP contribution in [0.25, 0.3) is 0 Å². The van der Waals surface area contributed by atoms with Crippen LogP contribution in [0.15, 0.2) is 35.3 Å². The maximum atomic E-state index is 12.2. The maximum absolute atomic E-state index is 12.2. The first-order valence-electron chi connectivity index (χ1n) is 10.6. The first-order chi connectivity index (χ1) is 14.6. The summed E-state index contributed by atoms with van der Waals surface area (Å²) in [5.74, 6) is 1.56. The quantitative estimate of drug-likeness (QED) is 0.221. The van der Waals surface area contributed by atoms with Gasteiger partial charge in [0.2, 0.25) is 0 Å². The minimum absolute atomic E-state index is 0. The highest BCUT2D eigenvalue weighted by molar-refractivity contribution is 14.0. The van der Waals surface area contributed by atoms with E-state index in [2.05, 4.69) is 40.6 Å². The number of carbonyl (C=O) groups excluding carboxylic acids is 1. The number of nitrogens with zero attached hydrogens (tertiary/aromatic N) is 4. The number of nitrogens with one attached hydrogen (secondary N) is 2. The lowest BCUT2D eigenvalue weighted by Gasteiger charge is -2.29. The summed E-state index contributed by atoms with van der Waals surface area (Å²) in [6.45, 7) is 10.0. The van der Waals surface area contributed by atoms with Crippen LogP contribution in [-0.4, -0.2) is 54.4 Å². The van der Waals surface area contributed by atoms with Gasteiger partial charge in [-0.3, -0.25) is 14.5 Å². The lowest BCUT2D eigenvalue weighted by atomic mass is 10.2. The first-order valence-corrected chi connectivity index (χ1v) is 10.6. The number of para-hydroxylation sites is 2. The number of anilines is 1. The highest BCUT2D eigenvalue weighted by atomic mass is 127. The fourth-order valence-corrected chi connectivity index (χ4v) is 3.50. The molecule has 0 saturated carbocycles. The molecule has 2 N–H and O–H groups in total. The molecule has 1 amide bonds. The van der Waals surface area contributed by atoms with E-state index in [1.807, 2.05) is 35.9 Å². The Labute approximate surface area is 201 Å². The molecule has 0 unspecified atom stereocenters. The summed E-state index contributed by atoms with van der Waals surface area (Å²) in [5.41, 5.74) is 3.08. The molecule has 9 heteroatoms. The number of benzene rings is 1. The summed E-state index contributed by atoms with van der Waals surface area (Å²) in [5, 5.41) is 11.1. The number of hydrogen-bond acceptors (Lipinski definition) is 4. The van der Waals surface area contributed by atoms with Crippen molar-refractivity contribution in [2.45, 2.75) is 40.2 Å². The number of aromatic nitrogens is 2. The van der Waals surface area contributed by atoms with Crippen molar-refractivity contribution in [2.75, 3.05) is 37.7 Å². The van der Waals surface area contributed by atoms with Gasteiger partial charge >= 0.3 is 0 Å². The van der Waals surface area contributed by atoms with Gasteiger partial charge in [0, 0.05) is 38.4 Å². The second-order valence-electron chi connectivity index (χ2n) is 7.35. The van der Waals surface area contributed by atoms with Crippen LogP contribution in [0, 0.1) is 13.8 Å². The number of aryl methyl sites for hydroxylation is 3. The molecule has 31 heavy (non-hydrogen) atoms. The van der Waals surface area contributed by atoms with Crippen LogP contribution >= 0.6 is 24.0 Å². The Balaban J connectivity index is 0.00000341. The van der Waals surface area contributed by atoms with Crippen molar-refractivity contribution in [3.05, 3.63) is 41.7 Å². The molecule has 0 fully saturated rings. The molecule has 2 heterocycles. The lowest BCUT2D eigenvalue weighted by molar-refractivity contribution is -0.121. The molecule has 0 bridgehead atoms. The molecule has 0 radical (unpaired) electrons. The average molecular weight is 540 g/mol. The third-order valence-electron chi connectivity index (χ3n) is 4.90. The molecule has 0 aliphatic carbocycles. The van der Waals surface area contributed by atoms with Crippen LogP contribution in [0.3, 0.4) is 0 Å². The molecule has 1 aromatic carbocycles. The standard InChI is InChI=1S/C22H32N6O2.HI/c1-4-23-22(25-12-8-14-28-18(3)15-17(2)26-28)24-11-7-13-27-19-9-5-6-10-20(19)30-16-21(27)29;/h5-6,9-10,15H,4,7-8,11-14,16H2,1-3H3,(H2,23,24,25);1H. The van der Waals surface area contributed by atoms with E-state index in [1.165, 1.54) is 5.69 Å². The fraction of sp³-hybridized carbons (Fsp3) is 0.500. The van der Waals surface area contributed by atoms with Gasteiger partial charge in [-0.1, -0.05) is 12.1 Å². The Morgan fingerprint density at radius 1 is 1.19 bits per heavy atom. The zero-order valence-electron chi connectivity index (χ0n) is 18.6. The summed E-state index contributed by atoms with van der Waals surface area (Å²) >= 11 is 0.